The molecule has 1 heterocycles. The summed E-state index contributed by atoms with van der Waals surface area (Å²) in [6, 6.07) is 8.26. The highest BCUT2D eigenvalue weighted by Gasteiger charge is 2.50. The van der Waals surface area contributed by atoms with E-state index >= 15 is 0 Å². The van der Waals surface area contributed by atoms with Gasteiger partial charge in [-0.1, -0.05) is 36.7 Å². The van der Waals surface area contributed by atoms with E-state index in [1.54, 1.807) is 0 Å². The van der Waals surface area contributed by atoms with Crippen LogP contribution in [0.3, 0.4) is 0 Å². The lowest BCUT2D eigenvalue weighted by Gasteiger charge is -2.35. The largest absolute Gasteiger partial charge is 0.377 e. The smallest absolute Gasteiger partial charge is 0.0675 e. The number of hydrogen-bond acceptors (Lipinski definition) is 2. The molecule has 1 aromatic rings. The molecule has 110 valence electrons. The highest BCUT2D eigenvalue weighted by atomic mass is 35.5. The zero-order chi connectivity index (χ0) is 14.0. The fourth-order valence-corrected chi connectivity index (χ4v) is 3.78. The highest BCUT2D eigenvalue weighted by Crippen LogP contribution is 2.49. The Morgan fingerprint density at radius 3 is 2.85 bits per heavy atom. The zero-order valence-corrected chi connectivity index (χ0v) is 13.0. The molecule has 3 heteroatoms. The molecule has 3 rings (SSSR count). The Balaban J connectivity index is 1.83. The van der Waals surface area contributed by atoms with E-state index < -0.39 is 0 Å². The third kappa shape index (κ3) is 2.88. The molecule has 2 nitrogen and oxygen atoms in total. The number of rotatable bonds is 6. The summed E-state index contributed by atoms with van der Waals surface area (Å²) in [5, 5.41) is 4.45. The van der Waals surface area contributed by atoms with E-state index in [1.165, 1.54) is 18.4 Å². The number of ether oxygens (including phenoxy) is 1. The van der Waals surface area contributed by atoms with Gasteiger partial charge in [-0.15, -0.1) is 0 Å². The maximum atomic E-state index is 6.38. The van der Waals surface area contributed by atoms with E-state index in [0.29, 0.717) is 6.10 Å². The molecule has 20 heavy (non-hydrogen) atoms. The molecular weight excluding hydrogens is 270 g/mol. The minimum absolute atomic E-state index is 0.224. The average molecular weight is 294 g/mol. The van der Waals surface area contributed by atoms with Crippen LogP contribution in [0.25, 0.3) is 0 Å². The monoisotopic (exact) mass is 293 g/mol. The average Bonchev–Trinajstić information content (AvgIpc) is 3.21. The SMILES string of the molecule is CCNCC1(Cc2ccccc2Cl)CCOC1C1CC1. The van der Waals surface area contributed by atoms with Crippen molar-refractivity contribution >= 4 is 11.6 Å². The van der Waals surface area contributed by atoms with Gasteiger partial charge >= 0.3 is 0 Å². The fourth-order valence-electron chi connectivity index (χ4n) is 3.58. The quantitative estimate of drug-likeness (QED) is 0.864. The standard InChI is InChI=1S/C17H24ClNO/c1-2-19-12-17(9-10-20-16(17)13-7-8-13)11-14-5-3-4-6-15(14)18/h3-6,13,16,19H,2,7-12H2,1H3. The van der Waals surface area contributed by atoms with Gasteiger partial charge in [-0.3, -0.25) is 0 Å². The zero-order valence-electron chi connectivity index (χ0n) is 12.2. The molecule has 1 aromatic carbocycles. The molecule has 1 N–H and O–H groups in total. The topological polar surface area (TPSA) is 21.3 Å². The minimum Gasteiger partial charge on any atom is -0.377 e. The summed E-state index contributed by atoms with van der Waals surface area (Å²) in [5.41, 5.74) is 1.49. The first-order valence-corrected chi connectivity index (χ1v) is 8.19. The van der Waals surface area contributed by atoms with Gasteiger partial charge < -0.3 is 10.1 Å². The van der Waals surface area contributed by atoms with Gasteiger partial charge in [-0.2, -0.15) is 0 Å². The Kier molecular flexibility index (Phi) is 4.34. The predicted molar refractivity (Wildman–Crippen MR) is 83.2 cm³/mol. The van der Waals surface area contributed by atoms with Crippen LogP contribution in [0.15, 0.2) is 24.3 Å². The molecule has 1 aliphatic carbocycles. The van der Waals surface area contributed by atoms with Gasteiger partial charge in [0.25, 0.3) is 0 Å². The molecule has 0 aromatic heterocycles. The molecular formula is C17H24ClNO. The molecule has 0 amide bonds. The molecule has 1 saturated heterocycles. The summed E-state index contributed by atoms with van der Waals surface area (Å²) in [5.74, 6) is 0.777. The summed E-state index contributed by atoms with van der Waals surface area (Å²) >= 11 is 6.38. The minimum atomic E-state index is 0.224. The molecule has 1 aliphatic heterocycles. The summed E-state index contributed by atoms with van der Waals surface area (Å²) in [6.45, 7) is 5.12. The van der Waals surface area contributed by atoms with Crippen LogP contribution in [0.2, 0.25) is 5.02 Å². The van der Waals surface area contributed by atoms with Gasteiger partial charge in [-0.25, -0.2) is 0 Å². The Hall–Kier alpha value is -0.570. The highest BCUT2D eigenvalue weighted by molar-refractivity contribution is 6.31. The maximum Gasteiger partial charge on any atom is 0.0675 e. The van der Waals surface area contributed by atoms with E-state index in [2.05, 4.69) is 24.4 Å². The van der Waals surface area contributed by atoms with Crippen molar-refractivity contribution < 1.29 is 4.74 Å². The van der Waals surface area contributed by atoms with Crippen LogP contribution >= 0.6 is 11.6 Å². The first-order valence-electron chi connectivity index (χ1n) is 7.81. The van der Waals surface area contributed by atoms with Crippen molar-refractivity contribution in [1.82, 2.24) is 5.32 Å². The second-order valence-electron chi connectivity index (χ2n) is 6.29. The van der Waals surface area contributed by atoms with Gasteiger partial charge in [0.1, 0.15) is 0 Å². The van der Waals surface area contributed by atoms with Gasteiger partial charge in [-0.05, 0) is 49.8 Å². The fraction of sp³-hybridized carbons (Fsp3) is 0.647. The van der Waals surface area contributed by atoms with E-state index in [4.69, 9.17) is 16.3 Å². The van der Waals surface area contributed by atoms with Crippen LogP contribution in [0.5, 0.6) is 0 Å². The lowest BCUT2D eigenvalue weighted by atomic mass is 9.74. The van der Waals surface area contributed by atoms with Crippen molar-refractivity contribution in [3.05, 3.63) is 34.9 Å². The van der Waals surface area contributed by atoms with Gasteiger partial charge in [0, 0.05) is 23.6 Å². The van der Waals surface area contributed by atoms with E-state index in [-0.39, 0.29) is 5.41 Å². The van der Waals surface area contributed by atoms with Gasteiger partial charge in [0.2, 0.25) is 0 Å². The molecule has 2 unspecified atom stereocenters. The van der Waals surface area contributed by atoms with Gasteiger partial charge in [0.15, 0.2) is 0 Å². The second-order valence-corrected chi connectivity index (χ2v) is 6.70. The van der Waals surface area contributed by atoms with Crippen molar-refractivity contribution in [2.24, 2.45) is 11.3 Å². The van der Waals surface area contributed by atoms with E-state index in [9.17, 15) is 0 Å². The molecule has 0 spiro atoms. The predicted octanol–water partition coefficient (Wildman–Crippen LogP) is 3.68. The summed E-state index contributed by atoms with van der Waals surface area (Å²) in [6.07, 6.45) is 5.26. The number of halogens is 1. The third-order valence-corrected chi connectivity index (χ3v) is 5.15. The van der Waals surface area contributed by atoms with Crippen LogP contribution in [0, 0.1) is 11.3 Å². The van der Waals surface area contributed by atoms with Crippen LogP contribution in [-0.2, 0) is 11.2 Å². The molecule has 1 saturated carbocycles. The van der Waals surface area contributed by atoms with E-state index in [1.807, 2.05) is 12.1 Å². The first-order chi connectivity index (χ1) is 9.75. The number of hydrogen-bond donors (Lipinski definition) is 1. The second kappa shape index (κ2) is 6.05. The lowest BCUT2D eigenvalue weighted by Crippen LogP contribution is -2.43. The van der Waals surface area contributed by atoms with Crippen LogP contribution in [0.4, 0.5) is 0 Å². The molecule has 0 radical (unpaired) electrons. The Morgan fingerprint density at radius 1 is 1.35 bits per heavy atom. The maximum absolute atomic E-state index is 6.38. The Bertz CT molecular complexity index is 460. The van der Waals surface area contributed by atoms with Gasteiger partial charge in [0.05, 0.1) is 6.10 Å². The molecule has 2 fully saturated rings. The third-order valence-electron chi connectivity index (χ3n) is 4.78. The van der Waals surface area contributed by atoms with Crippen LogP contribution in [0.1, 0.15) is 31.7 Å². The van der Waals surface area contributed by atoms with Crippen molar-refractivity contribution in [1.29, 1.82) is 0 Å². The normalized spacial score (nSPS) is 29.8. The van der Waals surface area contributed by atoms with E-state index in [0.717, 1.165) is 43.5 Å². The van der Waals surface area contributed by atoms with Crippen LogP contribution < -0.4 is 5.32 Å². The summed E-state index contributed by atoms with van der Waals surface area (Å²) in [7, 11) is 0. The molecule has 2 atom stereocenters. The lowest BCUT2D eigenvalue weighted by molar-refractivity contribution is 0.0309. The van der Waals surface area contributed by atoms with Crippen LogP contribution in [-0.4, -0.2) is 25.8 Å². The van der Waals surface area contributed by atoms with Crippen molar-refractivity contribution in [2.45, 2.75) is 38.7 Å². The first kappa shape index (κ1) is 14.4. The number of nitrogens with one attached hydrogen (secondary N) is 1. The summed E-state index contributed by atoms with van der Waals surface area (Å²) < 4.78 is 6.12. The Morgan fingerprint density at radius 2 is 2.15 bits per heavy atom. The van der Waals surface area contributed by atoms with Crippen molar-refractivity contribution in [2.75, 3.05) is 19.7 Å². The molecule has 2 aliphatic rings. The number of benzene rings is 1. The Labute approximate surface area is 126 Å². The van der Waals surface area contributed by atoms with Crippen molar-refractivity contribution in [3.63, 3.8) is 0 Å². The summed E-state index contributed by atoms with van der Waals surface area (Å²) in [4.78, 5) is 0. The van der Waals surface area contributed by atoms with Crippen molar-refractivity contribution in [3.8, 4) is 0 Å². The molecule has 0 bridgehead atoms.